The number of carbonyl (C=O) groups excluding carboxylic acids is 1. The SMILES string of the molecule is CN(CC(=O)N1CCCC1)Cc1nnsc1Cl. The number of amides is 1. The Kier molecular flexibility index (Phi) is 4.31. The number of nitrogens with zero attached hydrogens (tertiary/aromatic N) is 4. The minimum atomic E-state index is 0.185. The van der Waals surface area contributed by atoms with E-state index in [9.17, 15) is 4.79 Å². The van der Waals surface area contributed by atoms with Crippen LogP contribution in [0.4, 0.5) is 0 Å². The van der Waals surface area contributed by atoms with Gasteiger partial charge in [-0.15, -0.1) is 5.10 Å². The van der Waals surface area contributed by atoms with Gasteiger partial charge >= 0.3 is 0 Å². The summed E-state index contributed by atoms with van der Waals surface area (Å²) < 4.78 is 4.37. The van der Waals surface area contributed by atoms with Crippen molar-refractivity contribution in [3.05, 3.63) is 10.0 Å². The summed E-state index contributed by atoms with van der Waals surface area (Å²) in [5, 5.41) is 3.93. The maximum atomic E-state index is 11.9. The molecule has 0 unspecified atom stereocenters. The average Bonchev–Trinajstić information content (AvgIpc) is 2.90. The molecule has 0 spiro atoms. The molecule has 7 heteroatoms. The minimum absolute atomic E-state index is 0.185. The summed E-state index contributed by atoms with van der Waals surface area (Å²) in [6, 6.07) is 0. The Hall–Kier alpha value is -0.720. The molecule has 1 amide bonds. The van der Waals surface area contributed by atoms with Crippen LogP contribution in [0.2, 0.25) is 4.34 Å². The number of rotatable bonds is 4. The molecule has 2 rings (SSSR count). The van der Waals surface area contributed by atoms with Gasteiger partial charge < -0.3 is 4.90 Å². The van der Waals surface area contributed by atoms with E-state index in [4.69, 9.17) is 11.6 Å². The highest BCUT2D eigenvalue weighted by atomic mass is 35.5. The molecule has 0 atom stereocenters. The van der Waals surface area contributed by atoms with Crippen molar-refractivity contribution in [3.63, 3.8) is 0 Å². The zero-order valence-corrected chi connectivity index (χ0v) is 11.3. The van der Waals surface area contributed by atoms with Crippen molar-refractivity contribution < 1.29 is 4.79 Å². The monoisotopic (exact) mass is 274 g/mol. The Bertz CT molecular complexity index is 391. The lowest BCUT2D eigenvalue weighted by Gasteiger charge is -2.20. The van der Waals surface area contributed by atoms with Crippen LogP contribution in [-0.4, -0.2) is 52.0 Å². The van der Waals surface area contributed by atoms with Crippen molar-refractivity contribution in [2.24, 2.45) is 0 Å². The zero-order valence-electron chi connectivity index (χ0n) is 9.73. The molecule has 0 saturated carbocycles. The van der Waals surface area contributed by atoms with Gasteiger partial charge in [-0.05, 0) is 19.9 Å². The molecule has 17 heavy (non-hydrogen) atoms. The van der Waals surface area contributed by atoms with Crippen LogP contribution >= 0.6 is 23.1 Å². The first kappa shape index (κ1) is 12.7. The van der Waals surface area contributed by atoms with Crippen LogP contribution in [-0.2, 0) is 11.3 Å². The standard InChI is InChI=1S/C10H15ClN4OS/c1-14(6-8-10(11)17-13-12-8)7-9(16)15-4-2-3-5-15/h2-7H2,1H3. The molecule has 1 aromatic rings. The van der Waals surface area contributed by atoms with Gasteiger partial charge in [0.25, 0.3) is 0 Å². The van der Waals surface area contributed by atoms with Crippen molar-refractivity contribution in [1.82, 2.24) is 19.4 Å². The fourth-order valence-electron chi connectivity index (χ4n) is 1.90. The van der Waals surface area contributed by atoms with Gasteiger partial charge in [0.05, 0.1) is 6.54 Å². The molecule has 1 saturated heterocycles. The van der Waals surface area contributed by atoms with E-state index < -0.39 is 0 Å². The number of aromatic nitrogens is 2. The molecule has 0 N–H and O–H groups in total. The van der Waals surface area contributed by atoms with Crippen molar-refractivity contribution in [2.45, 2.75) is 19.4 Å². The molecule has 5 nitrogen and oxygen atoms in total. The first-order valence-electron chi connectivity index (χ1n) is 5.60. The fourth-order valence-corrected chi connectivity index (χ4v) is 2.51. The van der Waals surface area contributed by atoms with Crippen molar-refractivity contribution in [1.29, 1.82) is 0 Å². The fraction of sp³-hybridized carbons (Fsp3) is 0.700. The summed E-state index contributed by atoms with van der Waals surface area (Å²) in [6.45, 7) is 2.76. The summed E-state index contributed by atoms with van der Waals surface area (Å²) in [4.78, 5) is 15.7. The minimum Gasteiger partial charge on any atom is -0.342 e. The molecule has 94 valence electrons. The van der Waals surface area contributed by atoms with E-state index in [1.807, 2.05) is 16.8 Å². The summed E-state index contributed by atoms with van der Waals surface area (Å²) in [6.07, 6.45) is 2.24. The quantitative estimate of drug-likeness (QED) is 0.829. The van der Waals surface area contributed by atoms with Crippen LogP contribution in [0.5, 0.6) is 0 Å². The second kappa shape index (κ2) is 5.75. The molecule has 0 aromatic carbocycles. The summed E-state index contributed by atoms with van der Waals surface area (Å²) >= 11 is 7.09. The maximum Gasteiger partial charge on any atom is 0.236 e. The van der Waals surface area contributed by atoms with Gasteiger partial charge in [0, 0.05) is 31.2 Å². The number of likely N-dealkylation sites (N-methyl/N-ethyl adjacent to an activating group) is 1. The molecule has 0 aliphatic carbocycles. The topological polar surface area (TPSA) is 49.3 Å². The van der Waals surface area contributed by atoms with Gasteiger partial charge in [-0.25, -0.2) is 0 Å². The molecular weight excluding hydrogens is 260 g/mol. The lowest BCUT2D eigenvalue weighted by molar-refractivity contribution is -0.131. The van der Waals surface area contributed by atoms with E-state index in [1.165, 1.54) is 11.5 Å². The molecule has 1 aliphatic heterocycles. The lowest BCUT2D eigenvalue weighted by atomic mass is 10.4. The molecule has 0 radical (unpaired) electrons. The maximum absolute atomic E-state index is 11.9. The third-order valence-electron chi connectivity index (χ3n) is 2.79. The van der Waals surface area contributed by atoms with E-state index in [-0.39, 0.29) is 5.91 Å². The number of likely N-dealkylation sites (tertiary alicyclic amines) is 1. The van der Waals surface area contributed by atoms with Crippen LogP contribution < -0.4 is 0 Å². The van der Waals surface area contributed by atoms with Gasteiger partial charge in [0.15, 0.2) is 0 Å². The zero-order chi connectivity index (χ0) is 12.3. The van der Waals surface area contributed by atoms with Gasteiger partial charge in [0.1, 0.15) is 10.0 Å². The Morgan fingerprint density at radius 2 is 2.24 bits per heavy atom. The third kappa shape index (κ3) is 3.37. The van der Waals surface area contributed by atoms with Crippen LogP contribution in [0, 0.1) is 0 Å². The number of hydrogen-bond acceptors (Lipinski definition) is 5. The number of halogens is 1. The average molecular weight is 275 g/mol. The highest BCUT2D eigenvalue weighted by Gasteiger charge is 2.19. The first-order valence-corrected chi connectivity index (χ1v) is 6.75. The molecule has 2 heterocycles. The van der Waals surface area contributed by atoms with Crippen molar-refractivity contribution >= 4 is 29.0 Å². The van der Waals surface area contributed by atoms with Crippen LogP contribution in [0.1, 0.15) is 18.5 Å². The lowest BCUT2D eigenvalue weighted by Crippen LogP contribution is -2.37. The third-order valence-corrected chi connectivity index (χ3v) is 3.78. The van der Waals surface area contributed by atoms with Crippen molar-refractivity contribution in [2.75, 3.05) is 26.7 Å². The van der Waals surface area contributed by atoms with Gasteiger partial charge in [-0.1, -0.05) is 16.1 Å². The van der Waals surface area contributed by atoms with E-state index in [1.54, 1.807) is 0 Å². The Morgan fingerprint density at radius 3 is 2.82 bits per heavy atom. The predicted molar refractivity (Wildman–Crippen MR) is 67.1 cm³/mol. The smallest absolute Gasteiger partial charge is 0.236 e. The van der Waals surface area contributed by atoms with E-state index in [2.05, 4.69) is 9.59 Å². The number of hydrogen-bond donors (Lipinski definition) is 0. The van der Waals surface area contributed by atoms with Crippen LogP contribution in [0.15, 0.2) is 0 Å². The molecule has 1 fully saturated rings. The highest BCUT2D eigenvalue weighted by molar-refractivity contribution is 7.10. The second-order valence-electron chi connectivity index (χ2n) is 4.25. The second-order valence-corrected chi connectivity index (χ2v) is 5.61. The number of carbonyl (C=O) groups is 1. The van der Waals surface area contributed by atoms with Gasteiger partial charge in [-0.2, -0.15) is 0 Å². The van der Waals surface area contributed by atoms with Gasteiger partial charge in [-0.3, -0.25) is 9.69 Å². The highest BCUT2D eigenvalue weighted by Crippen LogP contribution is 2.18. The van der Waals surface area contributed by atoms with Crippen LogP contribution in [0.3, 0.4) is 0 Å². The Morgan fingerprint density at radius 1 is 1.53 bits per heavy atom. The van der Waals surface area contributed by atoms with Gasteiger partial charge in [0.2, 0.25) is 5.91 Å². The Balaban J connectivity index is 1.82. The predicted octanol–water partition coefficient (Wildman–Crippen LogP) is 1.25. The normalized spacial score (nSPS) is 15.8. The summed E-state index contributed by atoms with van der Waals surface area (Å²) in [5.74, 6) is 0.185. The first-order chi connectivity index (χ1) is 8.16. The van der Waals surface area contributed by atoms with Crippen LogP contribution in [0.25, 0.3) is 0 Å². The largest absolute Gasteiger partial charge is 0.342 e. The summed E-state index contributed by atoms with van der Waals surface area (Å²) in [5.41, 5.74) is 0.744. The molecule has 1 aromatic heterocycles. The summed E-state index contributed by atoms with van der Waals surface area (Å²) in [7, 11) is 1.89. The van der Waals surface area contributed by atoms with E-state index >= 15 is 0 Å². The molecular formula is C10H15ClN4OS. The molecule has 1 aliphatic rings. The Labute approximate surface area is 110 Å². The van der Waals surface area contributed by atoms with E-state index in [0.717, 1.165) is 31.6 Å². The molecule has 0 bridgehead atoms. The van der Waals surface area contributed by atoms with Crippen molar-refractivity contribution in [3.8, 4) is 0 Å². The van der Waals surface area contributed by atoms with E-state index in [0.29, 0.717) is 17.4 Å².